The maximum atomic E-state index is 12.1. The van der Waals surface area contributed by atoms with Crippen molar-refractivity contribution in [2.45, 2.75) is 52.2 Å². The molecular formula is C17H24N4O3. The fourth-order valence-electron chi connectivity index (χ4n) is 3.06. The molecule has 1 unspecified atom stereocenters. The van der Waals surface area contributed by atoms with Crippen LogP contribution < -0.4 is 0 Å². The maximum absolute atomic E-state index is 12.1. The molecule has 3 rings (SSSR count). The van der Waals surface area contributed by atoms with E-state index in [1.54, 1.807) is 19.3 Å². The summed E-state index contributed by atoms with van der Waals surface area (Å²) in [7, 11) is 0. The molecule has 1 fully saturated rings. The van der Waals surface area contributed by atoms with Gasteiger partial charge in [0.05, 0.1) is 25.5 Å². The van der Waals surface area contributed by atoms with Gasteiger partial charge in [-0.05, 0) is 6.42 Å². The Bertz CT molecular complexity index is 665. The molecule has 24 heavy (non-hydrogen) atoms. The highest BCUT2D eigenvalue weighted by atomic mass is 16.5. The van der Waals surface area contributed by atoms with Crippen molar-refractivity contribution in [3.63, 3.8) is 0 Å². The Kier molecular flexibility index (Phi) is 4.99. The highest BCUT2D eigenvalue weighted by Gasteiger charge is 2.30. The number of aromatic nitrogens is 2. The lowest BCUT2D eigenvalue weighted by Crippen LogP contribution is -2.40. The van der Waals surface area contributed by atoms with E-state index in [1.807, 2.05) is 11.0 Å². The van der Waals surface area contributed by atoms with Crippen LogP contribution >= 0.6 is 0 Å². The van der Waals surface area contributed by atoms with Crippen LogP contribution in [0.4, 0.5) is 0 Å². The zero-order chi connectivity index (χ0) is 17.1. The number of carbonyl (C=O) groups is 1. The standard InChI is InChI=1S/C17H24N4O3/c1-12(2)16-8-18-17(23-16)11-21(13(3)22)14-5-7-20(9-14)10-15-4-6-19-24-15/h4,6,8,12,14H,5,7,9-11H2,1-3H3. The van der Waals surface area contributed by atoms with Gasteiger partial charge in [-0.15, -0.1) is 0 Å². The average Bonchev–Trinajstić information content (AvgIpc) is 3.26. The van der Waals surface area contributed by atoms with Crippen molar-refractivity contribution in [3.05, 3.63) is 35.9 Å². The number of oxazole rings is 1. The van der Waals surface area contributed by atoms with Gasteiger partial charge < -0.3 is 13.8 Å². The molecule has 0 saturated carbocycles. The van der Waals surface area contributed by atoms with Crippen LogP contribution in [-0.4, -0.2) is 45.0 Å². The Morgan fingerprint density at radius 3 is 2.96 bits per heavy atom. The summed E-state index contributed by atoms with van der Waals surface area (Å²) >= 11 is 0. The number of carbonyl (C=O) groups excluding carboxylic acids is 1. The Labute approximate surface area is 141 Å². The van der Waals surface area contributed by atoms with Crippen LogP contribution in [0.1, 0.15) is 50.5 Å². The molecule has 0 spiro atoms. The van der Waals surface area contributed by atoms with Crippen LogP contribution in [0.5, 0.6) is 0 Å². The molecule has 0 bridgehead atoms. The minimum Gasteiger partial charge on any atom is -0.444 e. The van der Waals surface area contributed by atoms with Crippen molar-refractivity contribution in [1.82, 2.24) is 19.9 Å². The first-order chi connectivity index (χ1) is 11.5. The first kappa shape index (κ1) is 16.7. The van der Waals surface area contributed by atoms with Crippen molar-refractivity contribution in [2.24, 2.45) is 0 Å². The molecule has 1 amide bonds. The number of hydrogen-bond donors (Lipinski definition) is 0. The molecule has 7 nitrogen and oxygen atoms in total. The number of amides is 1. The van der Waals surface area contributed by atoms with Gasteiger partial charge in [-0.3, -0.25) is 9.69 Å². The maximum Gasteiger partial charge on any atom is 0.220 e. The Morgan fingerprint density at radius 2 is 2.33 bits per heavy atom. The van der Waals surface area contributed by atoms with Gasteiger partial charge in [0.1, 0.15) is 5.76 Å². The first-order valence-corrected chi connectivity index (χ1v) is 8.36. The molecule has 1 saturated heterocycles. The highest BCUT2D eigenvalue weighted by molar-refractivity contribution is 5.73. The van der Waals surface area contributed by atoms with Crippen molar-refractivity contribution in [1.29, 1.82) is 0 Å². The van der Waals surface area contributed by atoms with Gasteiger partial charge in [0.25, 0.3) is 0 Å². The molecular weight excluding hydrogens is 308 g/mol. The first-order valence-electron chi connectivity index (χ1n) is 8.36. The third kappa shape index (κ3) is 3.84. The van der Waals surface area contributed by atoms with Crippen molar-refractivity contribution in [3.8, 4) is 0 Å². The summed E-state index contributed by atoms with van der Waals surface area (Å²) in [6, 6.07) is 2.04. The topological polar surface area (TPSA) is 75.6 Å². The largest absolute Gasteiger partial charge is 0.444 e. The highest BCUT2D eigenvalue weighted by Crippen LogP contribution is 2.22. The molecule has 1 aliphatic rings. The summed E-state index contributed by atoms with van der Waals surface area (Å²) in [4.78, 5) is 20.6. The second kappa shape index (κ2) is 7.17. The monoisotopic (exact) mass is 332 g/mol. The van der Waals surface area contributed by atoms with E-state index in [0.717, 1.165) is 37.6 Å². The molecule has 0 aliphatic carbocycles. The summed E-state index contributed by atoms with van der Waals surface area (Å²) in [6.07, 6.45) is 4.34. The van der Waals surface area contributed by atoms with Gasteiger partial charge in [-0.1, -0.05) is 19.0 Å². The smallest absolute Gasteiger partial charge is 0.220 e. The van der Waals surface area contributed by atoms with Crippen LogP contribution in [0, 0.1) is 0 Å². The summed E-state index contributed by atoms with van der Waals surface area (Å²) in [5.74, 6) is 2.64. The summed E-state index contributed by atoms with van der Waals surface area (Å²) in [5.41, 5.74) is 0. The van der Waals surface area contributed by atoms with Crippen molar-refractivity contribution in [2.75, 3.05) is 13.1 Å². The van der Waals surface area contributed by atoms with Gasteiger partial charge in [0.2, 0.25) is 11.8 Å². The van der Waals surface area contributed by atoms with Gasteiger partial charge in [0, 0.05) is 38.0 Å². The summed E-state index contributed by atoms with van der Waals surface area (Å²) < 4.78 is 10.9. The SMILES string of the molecule is CC(=O)N(Cc1ncc(C(C)C)o1)C1CCN(Cc2ccno2)C1. The van der Waals surface area contributed by atoms with Gasteiger partial charge >= 0.3 is 0 Å². The Balaban J connectivity index is 1.62. The van der Waals surface area contributed by atoms with Crippen LogP contribution in [-0.2, 0) is 17.9 Å². The van der Waals surface area contributed by atoms with Crippen LogP contribution in [0.15, 0.2) is 27.4 Å². The molecule has 2 aromatic heterocycles. The van der Waals surface area contributed by atoms with Crippen LogP contribution in [0.2, 0.25) is 0 Å². The summed E-state index contributed by atoms with van der Waals surface area (Å²) in [6.45, 7) is 8.61. The van der Waals surface area contributed by atoms with E-state index in [4.69, 9.17) is 8.94 Å². The van der Waals surface area contributed by atoms with Crippen LogP contribution in [0.3, 0.4) is 0 Å². The second-order valence-corrected chi connectivity index (χ2v) is 6.61. The number of nitrogens with zero attached hydrogens (tertiary/aromatic N) is 4. The van der Waals surface area contributed by atoms with Crippen LogP contribution in [0.25, 0.3) is 0 Å². The quantitative estimate of drug-likeness (QED) is 0.808. The lowest BCUT2D eigenvalue weighted by atomic mass is 10.2. The lowest BCUT2D eigenvalue weighted by molar-refractivity contribution is -0.132. The van der Waals surface area contributed by atoms with Gasteiger partial charge in [0.15, 0.2) is 5.76 Å². The predicted molar refractivity (Wildman–Crippen MR) is 87.0 cm³/mol. The minimum absolute atomic E-state index is 0.0470. The molecule has 7 heteroatoms. The normalized spacial score (nSPS) is 18.4. The number of rotatable bonds is 6. The minimum atomic E-state index is 0.0470. The molecule has 0 radical (unpaired) electrons. The number of likely N-dealkylation sites (tertiary alicyclic amines) is 1. The molecule has 130 valence electrons. The predicted octanol–water partition coefficient (Wildman–Crippen LogP) is 2.41. The van der Waals surface area contributed by atoms with E-state index in [0.29, 0.717) is 18.4 Å². The van der Waals surface area contributed by atoms with E-state index in [1.165, 1.54) is 0 Å². The number of hydrogen-bond acceptors (Lipinski definition) is 6. The zero-order valence-corrected chi connectivity index (χ0v) is 14.4. The summed E-state index contributed by atoms with van der Waals surface area (Å²) in [5, 5.41) is 3.73. The molecule has 1 aliphatic heterocycles. The third-order valence-corrected chi connectivity index (χ3v) is 4.41. The molecule has 1 atom stereocenters. The third-order valence-electron chi connectivity index (χ3n) is 4.41. The molecule has 2 aromatic rings. The van der Waals surface area contributed by atoms with E-state index < -0.39 is 0 Å². The second-order valence-electron chi connectivity index (χ2n) is 6.61. The van der Waals surface area contributed by atoms with Gasteiger partial charge in [-0.2, -0.15) is 0 Å². The Morgan fingerprint density at radius 1 is 1.50 bits per heavy atom. The lowest BCUT2D eigenvalue weighted by Gasteiger charge is -2.26. The fraction of sp³-hybridized carbons (Fsp3) is 0.588. The molecule has 3 heterocycles. The van der Waals surface area contributed by atoms with Crippen molar-refractivity contribution >= 4 is 5.91 Å². The molecule has 0 aromatic carbocycles. The van der Waals surface area contributed by atoms with Gasteiger partial charge in [-0.25, -0.2) is 4.98 Å². The zero-order valence-electron chi connectivity index (χ0n) is 14.4. The van der Waals surface area contributed by atoms with E-state index in [2.05, 4.69) is 28.9 Å². The van der Waals surface area contributed by atoms with E-state index in [-0.39, 0.29) is 11.9 Å². The Hall–Kier alpha value is -2.15. The average molecular weight is 332 g/mol. The van der Waals surface area contributed by atoms with E-state index in [9.17, 15) is 4.79 Å². The fourth-order valence-corrected chi connectivity index (χ4v) is 3.06. The van der Waals surface area contributed by atoms with E-state index >= 15 is 0 Å². The van der Waals surface area contributed by atoms with Crippen molar-refractivity contribution < 1.29 is 13.7 Å². The molecule has 0 N–H and O–H groups in total.